The highest BCUT2D eigenvalue weighted by Crippen LogP contribution is 2.28. The molecule has 2 nitrogen and oxygen atoms in total. The van der Waals surface area contributed by atoms with E-state index in [2.05, 4.69) is 19.2 Å². The number of rotatable bonds is 4. The lowest BCUT2D eigenvalue weighted by Crippen LogP contribution is -2.40. The molecule has 0 aromatic rings. The van der Waals surface area contributed by atoms with Crippen LogP contribution in [0.15, 0.2) is 0 Å². The third-order valence-corrected chi connectivity index (χ3v) is 3.43. The second kappa shape index (κ2) is 5.72. The van der Waals surface area contributed by atoms with Crippen molar-refractivity contribution in [2.45, 2.75) is 58.6 Å². The summed E-state index contributed by atoms with van der Waals surface area (Å²) < 4.78 is 0. The van der Waals surface area contributed by atoms with Crippen molar-refractivity contribution in [1.82, 2.24) is 5.32 Å². The van der Waals surface area contributed by atoms with Crippen LogP contribution in [0.2, 0.25) is 0 Å². The second-order valence-electron chi connectivity index (χ2n) is 5.09. The van der Waals surface area contributed by atoms with Gasteiger partial charge in [-0.25, -0.2) is 0 Å². The predicted molar refractivity (Wildman–Crippen MR) is 60.3 cm³/mol. The van der Waals surface area contributed by atoms with Crippen molar-refractivity contribution in [3.8, 4) is 0 Å². The zero-order chi connectivity index (χ0) is 10.6. The molecule has 4 atom stereocenters. The summed E-state index contributed by atoms with van der Waals surface area (Å²) in [6, 6.07) is 0.678. The smallest absolute Gasteiger partial charge is 0.0524 e. The van der Waals surface area contributed by atoms with E-state index in [1.54, 1.807) is 0 Å². The average Bonchev–Trinajstić information content (AvgIpc) is 2.10. The molecule has 1 aliphatic carbocycles. The van der Waals surface area contributed by atoms with Gasteiger partial charge in [0.05, 0.1) is 6.10 Å². The van der Waals surface area contributed by atoms with E-state index in [0.717, 1.165) is 24.8 Å². The monoisotopic (exact) mass is 199 g/mol. The molecular weight excluding hydrogens is 174 g/mol. The van der Waals surface area contributed by atoms with E-state index in [4.69, 9.17) is 5.11 Å². The van der Waals surface area contributed by atoms with Crippen LogP contribution in [0.4, 0.5) is 0 Å². The molecule has 2 heteroatoms. The van der Waals surface area contributed by atoms with Crippen LogP contribution in [-0.4, -0.2) is 23.8 Å². The van der Waals surface area contributed by atoms with Crippen molar-refractivity contribution in [3.63, 3.8) is 0 Å². The van der Waals surface area contributed by atoms with Crippen molar-refractivity contribution >= 4 is 0 Å². The Bertz CT molecular complexity index is 158. The molecule has 1 rings (SSSR count). The summed E-state index contributed by atoms with van der Waals surface area (Å²) in [6.07, 6.45) is 4.75. The molecule has 0 bridgehead atoms. The Labute approximate surface area is 88.1 Å². The van der Waals surface area contributed by atoms with E-state index < -0.39 is 0 Å². The van der Waals surface area contributed by atoms with E-state index in [9.17, 15) is 0 Å². The van der Waals surface area contributed by atoms with E-state index >= 15 is 0 Å². The molecule has 0 heterocycles. The molecule has 84 valence electrons. The van der Waals surface area contributed by atoms with Crippen molar-refractivity contribution < 1.29 is 5.11 Å². The van der Waals surface area contributed by atoms with Crippen LogP contribution in [0.1, 0.15) is 46.5 Å². The Morgan fingerprint density at radius 1 is 1.36 bits per heavy atom. The Kier molecular flexibility index (Phi) is 4.90. The lowest BCUT2D eigenvalue weighted by Gasteiger charge is -2.33. The van der Waals surface area contributed by atoms with Gasteiger partial charge >= 0.3 is 0 Å². The third kappa shape index (κ3) is 3.97. The van der Waals surface area contributed by atoms with Gasteiger partial charge in [-0.3, -0.25) is 0 Å². The largest absolute Gasteiger partial charge is 0.393 e. The molecule has 0 saturated heterocycles. The first-order valence-corrected chi connectivity index (χ1v) is 6.01. The summed E-state index contributed by atoms with van der Waals surface area (Å²) in [5, 5.41) is 12.7. The number of hydrogen-bond acceptors (Lipinski definition) is 2. The van der Waals surface area contributed by atoms with Crippen LogP contribution in [0.25, 0.3) is 0 Å². The Balaban J connectivity index is 2.20. The zero-order valence-corrected chi connectivity index (χ0v) is 9.79. The van der Waals surface area contributed by atoms with Crippen LogP contribution in [0.3, 0.4) is 0 Å². The van der Waals surface area contributed by atoms with Crippen LogP contribution in [-0.2, 0) is 0 Å². The average molecular weight is 199 g/mol. The van der Waals surface area contributed by atoms with E-state index in [1.807, 2.05) is 6.92 Å². The Morgan fingerprint density at radius 3 is 2.71 bits per heavy atom. The highest BCUT2D eigenvalue weighted by atomic mass is 16.3. The van der Waals surface area contributed by atoms with Crippen LogP contribution >= 0.6 is 0 Å². The fraction of sp³-hybridized carbons (Fsp3) is 1.00. The normalized spacial score (nSPS) is 35.6. The van der Waals surface area contributed by atoms with E-state index in [-0.39, 0.29) is 6.10 Å². The molecule has 1 saturated carbocycles. The zero-order valence-electron chi connectivity index (χ0n) is 9.79. The van der Waals surface area contributed by atoms with Crippen LogP contribution < -0.4 is 5.32 Å². The summed E-state index contributed by atoms with van der Waals surface area (Å²) in [5.41, 5.74) is 0. The minimum atomic E-state index is -0.168. The molecule has 0 amide bonds. The highest BCUT2D eigenvalue weighted by Gasteiger charge is 2.24. The molecule has 1 aliphatic rings. The summed E-state index contributed by atoms with van der Waals surface area (Å²) >= 11 is 0. The molecule has 14 heavy (non-hydrogen) atoms. The van der Waals surface area contributed by atoms with Crippen molar-refractivity contribution in [1.29, 1.82) is 0 Å². The lowest BCUT2D eigenvalue weighted by molar-refractivity contribution is 0.172. The molecule has 0 aromatic carbocycles. The maximum atomic E-state index is 9.16. The van der Waals surface area contributed by atoms with E-state index in [0.29, 0.717) is 6.04 Å². The maximum absolute atomic E-state index is 9.16. The SMILES string of the molecule is CC(O)CCNC1CC(C)CCC1C. The predicted octanol–water partition coefficient (Wildman–Crippen LogP) is 2.17. The topological polar surface area (TPSA) is 32.3 Å². The number of hydrogen-bond donors (Lipinski definition) is 2. The lowest BCUT2D eigenvalue weighted by atomic mass is 9.80. The molecule has 2 N–H and O–H groups in total. The molecular formula is C12H25NO. The Morgan fingerprint density at radius 2 is 2.07 bits per heavy atom. The Hall–Kier alpha value is -0.0800. The van der Waals surface area contributed by atoms with Gasteiger partial charge in [0, 0.05) is 6.04 Å². The van der Waals surface area contributed by atoms with Crippen LogP contribution in [0.5, 0.6) is 0 Å². The van der Waals surface area contributed by atoms with Gasteiger partial charge in [0.1, 0.15) is 0 Å². The van der Waals surface area contributed by atoms with Gasteiger partial charge in [0.15, 0.2) is 0 Å². The fourth-order valence-electron chi connectivity index (χ4n) is 2.29. The van der Waals surface area contributed by atoms with Gasteiger partial charge < -0.3 is 10.4 Å². The maximum Gasteiger partial charge on any atom is 0.0524 e. The molecule has 0 radical (unpaired) electrons. The van der Waals surface area contributed by atoms with Crippen molar-refractivity contribution in [3.05, 3.63) is 0 Å². The van der Waals surface area contributed by atoms with Crippen LogP contribution in [0, 0.1) is 11.8 Å². The molecule has 0 spiro atoms. The van der Waals surface area contributed by atoms with Crippen molar-refractivity contribution in [2.24, 2.45) is 11.8 Å². The number of nitrogens with one attached hydrogen (secondary N) is 1. The fourth-order valence-corrected chi connectivity index (χ4v) is 2.29. The van der Waals surface area contributed by atoms with E-state index in [1.165, 1.54) is 19.3 Å². The molecule has 1 fully saturated rings. The minimum Gasteiger partial charge on any atom is -0.393 e. The molecule has 4 unspecified atom stereocenters. The molecule has 0 aliphatic heterocycles. The number of aliphatic hydroxyl groups is 1. The summed E-state index contributed by atoms with van der Waals surface area (Å²) in [6.45, 7) is 7.50. The summed E-state index contributed by atoms with van der Waals surface area (Å²) in [5.74, 6) is 1.68. The highest BCUT2D eigenvalue weighted by molar-refractivity contribution is 4.81. The van der Waals surface area contributed by atoms with Gasteiger partial charge in [0.2, 0.25) is 0 Å². The van der Waals surface area contributed by atoms with Gasteiger partial charge in [-0.15, -0.1) is 0 Å². The first-order valence-electron chi connectivity index (χ1n) is 6.01. The minimum absolute atomic E-state index is 0.168. The third-order valence-electron chi connectivity index (χ3n) is 3.43. The number of aliphatic hydroxyl groups excluding tert-OH is 1. The quantitative estimate of drug-likeness (QED) is 0.727. The summed E-state index contributed by atoms with van der Waals surface area (Å²) in [4.78, 5) is 0. The van der Waals surface area contributed by atoms with Gasteiger partial charge in [0.25, 0.3) is 0 Å². The van der Waals surface area contributed by atoms with Gasteiger partial charge in [-0.1, -0.05) is 20.3 Å². The van der Waals surface area contributed by atoms with Crippen molar-refractivity contribution in [2.75, 3.05) is 6.54 Å². The first kappa shape index (κ1) is 12.0. The first-order chi connectivity index (χ1) is 6.59. The summed E-state index contributed by atoms with van der Waals surface area (Å²) in [7, 11) is 0. The standard InChI is InChI=1S/C12H25NO/c1-9-4-5-10(2)12(8-9)13-7-6-11(3)14/h9-14H,4-8H2,1-3H3. The molecule has 0 aromatic heterocycles. The van der Waals surface area contributed by atoms with Gasteiger partial charge in [-0.05, 0) is 44.6 Å². The second-order valence-corrected chi connectivity index (χ2v) is 5.09. The van der Waals surface area contributed by atoms with Gasteiger partial charge in [-0.2, -0.15) is 0 Å².